The summed E-state index contributed by atoms with van der Waals surface area (Å²) in [6, 6.07) is 21.5. The van der Waals surface area contributed by atoms with Crippen LogP contribution in [0.25, 0.3) is 16.8 Å². The minimum atomic E-state index is -0.313. The Kier molecular flexibility index (Phi) is 2.52. The van der Waals surface area contributed by atoms with Crippen LogP contribution in [0.4, 0.5) is 0 Å². The van der Waals surface area contributed by atoms with Gasteiger partial charge in [-0.25, -0.2) is 0 Å². The molecule has 112 valence electrons. The highest BCUT2D eigenvalue weighted by Gasteiger charge is 2.46. The molecule has 0 radical (unpaired) electrons. The van der Waals surface area contributed by atoms with Crippen LogP contribution >= 0.6 is 0 Å². The second-order valence-electron chi connectivity index (χ2n) is 6.69. The SMILES string of the molecule is CC1Cc2ccccc2C12C=Cc1c(ccc3ccccc13)O2. The average molecular weight is 298 g/mol. The quantitative estimate of drug-likeness (QED) is 0.545. The minimum Gasteiger partial charge on any atom is -0.477 e. The Bertz CT molecular complexity index is 953. The molecule has 1 spiro atoms. The van der Waals surface area contributed by atoms with Crippen molar-refractivity contribution in [3.8, 4) is 5.75 Å². The van der Waals surface area contributed by atoms with Gasteiger partial charge in [0.2, 0.25) is 0 Å². The molecule has 0 saturated carbocycles. The van der Waals surface area contributed by atoms with Gasteiger partial charge in [-0.15, -0.1) is 0 Å². The first-order valence-corrected chi connectivity index (χ1v) is 8.26. The molecule has 0 aromatic heterocycles. The van der Waals surface area contributed by atoms with E-state index in [1.54, 1.807) is 0 Å². The lowest BCUT2D eigenvalue weighted by atomic mass is 9.85. The first-order valence-electron chi connectivity index (χ1n) is 8.26. The number of fused-ring (bicyclic) bond motifs is 5. The van der Waals surface area contributed by atoms with Crippen LogP contribution in [0.2, 0.25) is 0 Å². The first kappa shape index (κ1) is 13.0. The van der Waals surface area contributed by atoms with E-state index in [4.69, 9.17) is 4.74 Å². The lowest BCUT2D eigenvalue weighted by Crippen LogP contribution is -2.36. The molecule has 2 aliphatic rings. The van der Waals surface area contributed by atoms with Gasteiger partial charge < -0.3 is 4.74 Å². The molecule has 3 aromatic rings. The maximum absolute atomic E-state index is 6.64. The van der Waals surface area contributed by atoms with Gasteiger partial charge in [-0.2, -0.15) is 0 Å². The lowest BCUT2D eigenvalue weighted by molar-refractivity contribution is 0.0722. The van der Waals surface area contributed by atoms with Crippen molar-refractivity contribution in [2.75, 3.05) is 0 Å². The molecule has 2 atom stereocenters. The zero-order chi connectivity index (χ0) is 15.4. The van der Waals surface area contributed by atoms with E-state index in [-0.39, 0.29) is 5.60 Å². The smallest absolute Gasteiger partial charge is 0.156 e. The first-order chi connectivity index (χ1) is 11.3. The van der Waals surface area contributed by atoms with Crippen LogP contribution in [0.5, 0.6) is 5.75 Å². The third-order valence-electron chi connectivity index (χ3n) is 5.40. The summed E-state index contributed by atoms with van der Waals surface area (Å²) in [5.41, 5.74) is 3.62. The zero-order valence-corrected chi connectivity index (χ0v) is 13.1. The van der Waals surface area contributed by atoms with E-state index in [0.717, 1.165) is 12.2 Å². The molecule has 23 heavy (non-hydrogen) atoms. The Morgan fingerprint density at radius 2 is 1.78 bits per heavy atom. The molecule has 0 N–H and O–H groups in total. The van der Waals surface area contributed by atoms with Crippen molar-refractivity contribution in [2.24, 2.45) is 5.92 Å². The Morgan fingerprint density at radius 1 is 0.957 bits per heavy atom. The van der Waals surface area contributed by atoms with E-state index >= 15 is 0 Å². The van der Waals surface area contributed by atoms with Gasteiger partial charge in [0, 0.05) is 17.0 Å². The summed E-state index contributed by atoms with van der Waals surface area (Å²) in [5, 5.41) is 2.52. The summed E-state index contributed by atoms with van der Waals surface area (Å²) in [7, 11) is 0. The summed E-state index contributed by atoms with van der Waals surface area (Å²) in [6.45, 7) is 2.29. The number of hydrogen-bond acceptors (Lipinski definition) is 1. The molecular weight excluding hydrogens is 280 g/mol. The van der Waals surface area contributed by atoms with Crippen molar-refractivity contribution < 1.29 is 4.74 Å². The van der Waals surface area contributed by atoms with E-state index in [1.807, 2.05) is 0 Å². The van der Waals surface area contributed by atoms with E-state index in [9.17, 15) is 0 Å². The van der Waals surface area contributed by atoms with Crippen molar-refractivity contribution in [3.05, 3.63) is 83.4 Å². The molecule has 5 rings (SSSR count). The van der Waals surface area contributed by atoms with Gasteiger partial charge in [0.05, 0.1) is 0 Å². The third kappa shape index (κ3) is 1.68. The van der Waals surface area contributed by atoms with Crippen LogP contribution in [0.1, 0.15) is 23.6 Å². The molecule has 0 amide bonds. The number of benzene rings is 3. The molecule has 1 aliphatic heterocycles. The van der Waals surface area contributed by atoms with E-state index in [0.29, 0.717) is 5.92 Å². The molecule has 3 aromatic carbocycles. The minimum absolute atomic E-state index is 0.313. The van der Waals surface area contributed by atoms with Crippen LogP contribution < -0.4 is 4.74 Å². The van der Waals surface area contributed by atoms with Crippen molar-refractivity contribution in [1.29, 1.82) is 0 Å². The summed E-state index contributed by atoms with van der Waals surface area (Å²) in [6.07, 6.45) is 5.61. The Morgan fingerprint density at radius 3 is 2.74 bits per heavy atom. The Hall–Kier alpha value is -2.54. The van der Waals surface area contributed by atoms with Crippen molar-refractivity contribution in [2.45, 2.75) is 18.9 Å². The fourth-order valence-electron chi connectivity index (χ4n) is 4.20. The molecule has 1 heteroatoms. The summed E-state index contributed by atoms with van der Waals surface area (Å²) < 4.78 is 6.64. The largest absolute Gasteiger partial charge is 0.477 e. The van der Waals surface area contributed by atoms with Crippen LogP contribution in [0.15, 0.2) is 66.7 Å². The van der Waals surface area contributed by atoms with Crippen molar-refractivity contribution in [3.63, 3.8) is 0 Å². The van der Waals surface area contributed by atoms with Gasteiger partial charge in [-0.1, -0.05) is 67.6 Å². The van der Waals surface area contributed by atoms with Gasteiger partial charge in [-0.3, -0.25) is 0 Å². The van der Waals surface area contributed by atoms with Gasteiger partial charge >= 0.3 is 0 Å². The van der Waals surface area contributed by atoms with Crippen molar-refractivity contribution in [1.82, 2.24) is 0 Å². The molecule has 1 heterocycles. The van der Waals surface area contributed by atoms with Gasteiger partial charge in [0.25, 0.3) is 0 Å². The fourth-order valence-corrected chi connectivity index (χ4v) is 4.20. The second kappa shape index (κ2) is 4.48. The topological polar surface area (TPSA) is 9.23 Å². The number of rotatable bonds is 0. The second-order valence-corrected chi connectivity index (χ2v) is 6.69. The van der Waals surface area contributed by atoms with E-state index in [2.05, 4.69) is 79.7 Å². The molecule has 0 bridgehead atoms. The lowest BCUT2D eigenvalue weighted by Gasteiger charge is -2.36. The monoisotopic (exact) mass is 298 g/mol. The molecule has 1 aliphatic carbocycles. The van der Waals surface area contributed by atoms with Gasteiger partial charge in [0.1, 0.15) is 5.75 Å². The Labute approximate surface area is 136 Å². The normalized spacial score (nSPS) is 24.5. The summed E-state index contributed by atoms with van der Waals surface area (Å²) >= 11 is 0. The standard InChI is InChI=1S/C22H18O/c1-15-14-17-7-3-5-9-20(17)22(15)13-12-19-18-8-4-2-6-16(18)10-11-21(19)23-22/h2-13,15H,14H2,1H3. The van der Waals surface area contributed by atoms with Crippen LogP contribution in [-0.2, 0) is 12.0 Å². The average Bonchev–Trinajstić information content (AvgIpc) is 2.86. The number of hydrogen-bond donors (Lipinski definition) is 0. The van der Waals surface area contributed by atoms with Gasteiger partial charge in [-0.05, 0) is 34.9 Å². The Balaban J connectivity index is 1.72. The van der Waals surface area contributed by atoms with Gasteiger partial charge in [0.15, 0.2) is 5.60 Å². The van der Waals surface area contributed by atoms with Crippen LogP contribution in [0, 0.1) is 5.92 Å². The predicted molar refractivity (Wildman–Crippen MR) is 94.6 cm³/mol. The fraction of sp³-hybridized carbons (Fsp3) is 0.182. The maximum Gasteiger partial charge on any atom is 0.156 e. The molecule has 0 saturated heterocycles. The van der Waals surface area contributed by atoms with E-state index in [1.165, 1.54) is 27.5 Å². The molecule has 0 fully saturated rings. The number of ether oxygens (including phenoxy) is 1. The highest BCUT2D eigenvalue weighted by atomic mass is 16.5. The molecule has 2 unspecified atom stereocenters. The maximum atomic E-state index is 6.64. The summed E-state index contributed by atoms with van der Waals surface area (Å²) in [5.74, 6) is 1.44. The zero-order valence-electron chi connectivity index (χ0n) is 13.1. The predicted octanol–water partition coefficient (Wildman–Crippen LogP) is 5.33. The highest BCUT2D eigenvalue weighted by Crippen LogP contribution is 2.49. The van der Waals surface area contributed by atoms with Crippen LogP contribution in [0.3, 0.4) is 0 Å². The molecule has 1 nitrogen and oxygen atoms in total. The highest BCUT2D eigenvalue weighted by molar-refractivity contribution is 5.93. The summed E-state index contributed by atoms with van der Waals surface area (Å²) in [4.78, 5) is 0. The third-order valence-corrected chi connectivity index (χ3v) is 5.40. The van der Waals surface area contributed by atoms with E-state index < -0.39 is 0 Å². The molecular formula is C22H18O. The van der Waals surface area contributed by atoms with Crippen LogP contribution in [-0.4, -0.2) is 0 Å². The van der Waals surface area contributed by atoms with Crippen molar-refractivity contribution >= 4 is 16.8 Å².